The van der Waals surface area contributed by atoms with Crippen LogP contribution in [-0.4, -0.2) is 36.5 Å². The fraction of sp³-hybridized carbons (Fsp3) is 0.300. The Bertz CT molecular complexity index is 866. The maximum absolute atomic E-state index is 13.0. The Hall–Kier alpha value is -2.89. The Morgan fingerprint density at radius 3 is 2.69 bits per heavy atom. The number of benzene rings is 2. The molecule has 0 unspecified atom stereocenters. The van der Waals surface area contributed by atoms with Crippen LogP contribution >= 0.6 is 0 Å². The van der Waals surface area contributed by atoms with E-state index in [4.69, 9.17) is 0 Å². The van der Waals surface area contributed by atoms with Crippen molar-refractivity contribution in [2.45, 2.75) is 25.4 Å². The molecule has 5 nitrogen and oxygen atoms in total. The van der Waals surface area contributed by atoms with Crippen molar-refractivity contribution in [3.8, 4) is 0 Å². The summed E-state index contributed by atoms with van der Waals surface area (Å²) in [6, 6.07) is 10.8. The van der Waals surface area contributed by atoms with Crippen molar-refractivity contribution in [1.82, 2.24) is 4.90 Å². The zero-order valence-corrected chi connectivity index (χ0v) is 14.5. The lowest BCUT2D eigenvalue weighted by Crippen LogP contribution is -2.55. The van der Waals surface area contributed by atoms with Crippen LogP contribution in [0.15, 0.2) is 42.5 Å². The van der Waals surface area contributed by atoms with Gasteiger partial charge in [0.1, 0.15) is 12.0 Å². The number of nitrogens with one attached hydrogen (secondary N) is 1. The first kappa shape index (κ1) is 16.6. The van der Waals surface area contributed by atoms with Gasteiger partial charge in [-0.05, 0) is 61.7 Å². The zero-order chi connectivity index (χ0) is 18.3. The third-order valence-corrected chi connectivity index (χ3v) is 5.15. The van der Waals surface area contributed by atoms with Crippen molar-refractivity contribution in [3.05, 3.63) is 59.4 Å². The molecular formula is C20H20FN3O2. The Morgan fingerprint density at radius 1 is 1.15 bits per heavy atom. The molecule has 134 valence electrons. The second-order valence-corrected chi connectivity index (χ2v) is 6.78. The van der Waals surface area contributed by atoms with Gasteiger partial charge in [-0.3, -0.25) is 9.59 Å². The minimum atomic E-state index is -0.353. The van der Waals surface area contributed by atoms with E-state index in [-0.39, 0.29) is 23.8 Å². The number of carbonyl (C=O) groups excluding carboxylic acids is 2. The first-order valence-electron chi connectivity index (χ1n) is 8.79. The van der Waals surface area contributed by atoms with Crippen molar-refractivity contribution in [1.29, 1.82) is 0 Å². The highest BCUT2D eigenvalue weighted by atomic mass is 19.1. The summed E-state index contributed by atoms with van der Waals surface area (Å²) in [4.78, 5) is 29.3. The van der Waals surface area contributed by atoms with E-state index >= 15 is 0 Å². The van der Waals surface area contributed by atoms with Gasteiger partial charge in [-0.15, -0.1) is 0 Å². The maximum atomic E-state index is 13.0. The molecular weight excluding hydrogens is 333 g/mol. The van der Waals surface area contributed by atoms with Crippen LogP contribution in [0.2, 0.25) is 0 Å². The van der Waals surface area contributed by atoms with Crippen LogP contribution in [0.1, 0.15) is 40.0 Å². The minimum Gasteiger partial charge on any atom is -0.354 e. The molecule has 6 heteroatoms. The number of hydrogen-bond donors (Lipinski definition) is 1. The summed E-state index contributed by atoms with van der Waals surface area (Å²) < 4.78 is 13.0. The molecule has 2 aromatic carbocycles. The van der Waals surface area contributed by atoms with Gasteiger partial charge in [0.25, 0.3) is 11.8 Å². The number of amides is 2. The van der Waals surface area contributed by atoms with Crippen molar-refractivity contribution in [3.63, 3.8) is 0 Å². The van der Waals surface area contributed by atoms with Crippen molar-refractivity contribution < 1.29 is 14.0 Å². The quantitative estimate of drug-likeness (QED) is 0.899. The van der Waals surface area contributed by atoms with Gasteiger partial charge in [-0.2, -0.15) is 0 Å². The maximum Gasteiger partial charge on any atom is 0.257 e. The molecule has 2 aromatic rings. The third-order valence-electron chi connectivity index (χ3n) is 5.15. The largest absolute Gasteiger partial charge is 0.354 e. The molecule has 0 aromatic heterocycles. The number of carbonyl (C=O) groups is 2. The molecule has 2 aliphatic heterocycles. The summed E-state index contributed by atoms with van der Waals surface area (Å²) in [5, 5.41) is 2.76. The molecule has 4 rings (SSSR count). The van der Waals surface area contributed by atoms with E-state index in [9.17, 15) is 14.0 Å². The lowest BCUT2D eigenvalue weighted by Gasteiger charge is -2.46. The molecule has 0 aliphatic carbocycles. The molecule has 0 saturated carbocycles. The van der Waals surface area contributed by atoms with Gasteiger partial charge in [0, 0.05) is 24.8 Å². The summed E-state index contributed by atoms with van der Waals surface area (Å²) in [6.45, 7) is 0.778. The summed E-state index contributed by atoms with van der Waals surface area (Å²) in [5.74, 6) is -0.603. The van der Waals surface area contributed by atoms with Gasteiger partial charge in [0.05, 0.1) is 11.3 Å². The first-order chi connectivity index (χ1) is 12.5. The molecule has 1 N–H and O–H groups in total. The normalized spacial score (nSPS) is 19.0. The Morgan fingerprint density at radius 2 is 1.92 bits per heavy atom. The predicted molar refractivity (Wildman–Crippen MR) is 97.9 cm³/mol. The van der Waals surface area contributed by atoms with Gasteiger partial charge < -0.3 is 15.1 Å². The van der Waals surface area contributed by atoms with Gasteiger partial charge in [0.2, 0.25) is 0 Å². The minimum absolute atomic E-state index is 0.0355. The highest BCUT2D eigenvalue weighted by molar-refractivity contribution is 6.08. The van der Waals surface area contributed by atoms with E-state index < -0.39 is 0 Å². The van der Waals surface area contributed by atoms with Crippen LogP contribution in [0.25, 0.3) is 0 Å². The summed E-state index contributed by atoms with van der Waals surface area (Å²) in [7, 11) is 1.97. The number of piperidine rings is 1. The summed E-state index contributed by atoms with van der Waals surface area (Å²) in [5.41, 5.74) is 2.41. The molecule has 0 radical (unpaired) electrons. The summed E-state index contributed by atoms with van der Waals surface area (Å²) >= 11 is 0. The van der Waals surface area contributed by atoms with E-state index in [1.165, 1.54) is 24.3 Å². The van der Waals surface area contributed by atoms with Gasteiger partial charge >= 0.3 is 0 Å². The van der Waals surface area contributed by atoms with Crippen LogP contribution in [-0.2, 0) is 0 Å². The molecule has 1 fully saturated rings. The van der Waals surface area contributed by atoms with Gasteiger partial charge in [-0.25, -0.2) is 4.39 Å². The number of halogens is 1. The molecule has 2 amide bonds. The molecule has 0 bridgehead atoms. The van der Waals surface area contributed by atoms with E-state index in [2.05, 4.69) is 10.2 Å². The van der Waals surface area contributed by atoms with Crippen molar-refractivity contribution >= 4 is 23.2 Å². The fourth-order valence-electron chi connectivity index (χ4n) is 3.75. The van der Waals surface area contributed by atoms with Crippen LogP contribution < -0.4 is 10.2 Å². The average Bonchev–Trinajstić information content (AvgIpc) is 2.67. The van der Waals surface area contributed by atoms with Crippen molar-refractivity contribution in [2.75, 3.05) is 23.8 Å². The van der Waals surface area contributed by atoms with Gasteiger partial charge in [-0.1, -0.05) is 0 Å². The van der Waals surface area contributed by atoms with Gasteiger partial charge in [0.15, 0.2) is 0 Å². The lowest BCUT2D eigenvalue weighted by atomic mass is 9.97. The zero-order valence-electron chi connectivity index (χ0n) is 14.5. The number of nitrogens with zero attached hydrogens (tertiary/aromatic N) is 2. The molecule has 2 aliphatic rings. The second kappa shape index (κ2) is 6.44. The van der Waals surface area contributed by atoms with Crippen LogP contribution in [0.5, 0.6) is 0 Å². The lowest BCUT2D eigenvalue weighted by molar-refractivity contribution is 0.0589. The number of hydrogen-bond acceptors (Lipinski definition) is 3. The Labute approximate surface area is 151 Å². The predicted octanol–water partition coefficient (Wildman–Crippen LogP) is 3.48. The molecule has 26 heavy (non-hydrogen) atoms. The van der Waals surface area contributed by atoms with Crippen LogP contribution in [0, 0.1) is 5.82 Å². The molecule has 1 saturated heterocycles. The molecule has 0 spiro atoms. The standard InChI is InChI=1S/C20H20FN3O2/c1-23-17-12-13(19(25)22-15-8-6-14(21)7-9-15)5-10-16(17)20(26)24-11-3-2-4-18(23)24/h5-10,12,18H,2-4,11H2,1H3,(H,22,25)/t18-/m1/s1. The van der Waals surface area contributed by atoms with Crippen molar-refractivity contribution in [2.24, 2.45) is 0 Å². The Kier molecular flexibility index (Phi) is 4.11. The number of fused-ring (bicyclic) bond motifs is 2. The van der Waals surface area contributed by atoms with Crippen LogP contribution in [0.3, 0.4) is 0 Å². The van der Waals surface area contributed by atoms with E-state index in [1.54, 1.807) is 18.2 Å². The highest BCUT2D eigenvalue weighted by Gasteiger charge is 2.37. The Balaban J connectivity index is 1.62. The number of rotatable bonds is 2. The molecule has 2 heterocycles. The summed E-state index contributed by atoms with van der Waals surface area (Å²) in [6.07, 6.45) is 3.12. The SMILES string of the molecule is CN1c2cc(C(=O)Nc3ccc(F)cc3)ccc2C(=O)N2CCCC[C@@H]21. The molecule has 1 atom stereocenters. The third kappa shape index (κ3) is 2.81. The topological polar surface area (TPSA) is 52.7 Å². The second-order valence-electron chi connectivity index (χ2n) is 6.78. The first-order valence-corrected chi connectivity index (χ1v) is 8.79. The van der Waals surface area contributed by atoms with E-state index in [0.29, 0.717) is 16.8 Å². The van der Waals surface area contributed by atoms with E-state index in [0.717, 1.165) is 31.5 Å². The average molecular weight is 353 g/mol. The highest BCUT2D eigenvalue weighted by Crippen LogP contribution is 2.34. The van der Waals surface area contributed by atoms with Crippen LogP contribution in [0.4, 0.5) is 15.8 Å². The monoisotopic (exact) mass is 353 g/mol. The fourth-order valence-corrected chi connectivity index (χ4v) is 3.75. The smallest absolute Gasteiger partial charge is 0.257 e. The number of anilines is 2. The van der Waals surface area contributed by atoms with E-state index in [1.807, 2.05) is 11.9 Å².